The zero-order valence-electron chi connectivity index (χ0n) is 13.4. The Labute approximate surface area is 145 Å². The van der Waals surface area contributed by atoms with Gasteiger partial charge in [0.25, 0.3) is 12.9 Å². The number of hydrogen-bond acceptors (Lipinski definition) is 3. The quantitative estimate of drug-likeness (QED) is 0.746. The summed E-state index contributed by atoms with van der Waals surface area (Å²) in [6.45, 7) is 3.55. The van der Waals surface area contributed by atoms with E-state index in [1.54, 1.807) is 23.9 Å². The van der Waals surface area contributed by atoms with Crippen molar-refractivity contribution in [2.75, 3.05) is 0 Å². The molecule has 25 heavy (non-hydrogen) atoms. The van der Waals surface area contributed by atoms with Gasteiger partial charge < -0.3 is 5.32 Å². The number of rotatable bonds is 7. The van der Waals surface area contributed by atoms with Gasteiger partial charge in [-0.05, 0) is 19.9 Å². The summed E-state index contributed by atoms with van der Waals surface area (Å²) in [5.74, 6) is -0.680. The average Bonchev–Trinajstić information content (AvgIpc) is 3.11. The molecule has 0 aliphatic carbocycles. The molecule has 0 spiro atoms. The summed E-state index contributed by atoms with van der Waals surface area (Å²) in [4.78, 5) is 12.1. The highest BCUT2D eigenvalue weighted by molar-refractivity contribution is 6.32. The zero-order valence-corrected chi connectivity index (χ0v) is 14.1. The predicted octanol–water partition coefficient (Wildman–Crippen LogP) is 3.51. The molecule has 0 fully saturated rings. The lowest BCUT2D eigenvalue weighted by Gasteiger charge is -2.13. The van der Waals surface area contributed by atoms with E-state index in [1.165, 1.54) is 0 Å². The van der Waals surface area contributed by atoms with Crippen molar-refractivity contribution in [1.29, 1.82) is 0 Å². The molecule has 0 saturated heterocycles. The summed E-state index contributed by atoms with van der Waals surface area (Å²) < 4.78 is 53.8. The summed E-state index contributed by atoms with van der Waals surface area (Å²) in [5.41, 5.74) is -1.30. The maximum absolute atomic E-state index is 13.1. The molecule has 0 radical (unpaired) electrons. The molecular weight excluding hydrogens is 366 g/mol. The van der Waals surface area contributed by atoms with Gasteiger partial charge in [-0.3, -0.25) is 14.2 Å². The van der Waals surface area contributed by atoms with Crippen LogP contribution in [-0.4, -0.2) is 25.5 Å². The molecule has 0 saturated carbocycles. The van der Waals surface area contributed by atoms with E-state index in [2.05, 4.69) is 15.5 Å². The van der Waals surface area contributed by atoms with E-state index >= 15 is 0 Å². The fourth-order valence-electron chi connectivity index (χ4n) is 2.22. The number of nitrogens with zero attached hydrogens (tertiary/aromatic N) is 4. The zero-order chi connectivity index (χ0) is 18.7. The van der Waals surface area contributed by atoms with Gasteiger partial charge in [0.1, 0.15) is 17.9 Å². The number of halogens is 5. The Kier molecular flexibility index (Phi) is 6.04. The maximum Gasteiger partial charge on any atom is 0.283 e. The second kappa shape index (κ2) is 7.85. The van der Waals surface area contributed by atoms with Crippen LogP contribution in [0.1, 0.15) is 49.8 Å². The number of hydrogen-bond donors (Lipinski definition) is 1. The normalized spacial score (nSPS) is 12.8. The van der Waals surface area contributed by atoms with Crippen molar-refractivity contribution in [3.8, 4) is 0 Å². The van der Waals surface area contributed by atoms with E-state index in [1.807, 2.05) is 6.92 Å². The van der Waals surface area contributed by atoms with Crippen molar-refractivity contribution in [2.45, 2.75) is 45.8 Å². The van der Waals surface area contributed by atoms with Gasteiger partial charge in [-0.25, -0.2) is 17.6 Å². The van der Waals surface area contributed by atoms with Gasteiger partial charge in [0.15, 0.2) is 0 Å². The van der Waals surface area contributed by atoms with Crippen LogP contribution in [0.2, 0.25) is 5.02 Å². The highest BCUT2D eigenvalue weighted by Crippen LogP contribution is 2.34. The van der Waals surface area contributed by atoms with E-state index in [-0.39, 0.29) is 0 Å². The molecule has 138 valence electrons. The van der Waals surface area contributed by atoms with Gasteiger partial charge >= 0.3 is 0 Å². The second-order valence-electron chi connectivity index (χ2n) is 5.23. The number of alkyl halides is 4. The van der Waals surface area contributed by atoms with Crippen LogP contribution < -0.4 is 5.32 Å². The lowest BCUT2D eigenvalue weighted by Crippen LogP contribution is -2.31. The highest BCUT2D eigenvalue weighted by Gasteiger charge is 2.29. The summed E-state index contributed by atoms with van der Waals surface area (Å²) in [6, 6.07) is 1.22. The van der Waals surface area contributed by atoms with Gasteiger partial charge in [0, 0.05) is 12.7 Å². The van der Waals surface area contributed by atoms with Crippen LogP contribution in [0.4, 0.5) is 17.6 Å². The first-order chi connectivity index (χ1) is 11.7. The van der Waals surface area contributed by atoms with Crippen LogP contribution in [0.3, 0.4) is 0 Å². The number of amides is 1. The molecule has 2 aromatic heterocycles. The monoisotopic (exact) mass is 381 g/mol. The van der Waals surface area contributed by atoms with Crippen LogP contribution in [-0.2, 0) is 17.9 Å². The Bertz CT molecular complexity index is 746. The molecule has 1 amide bonds. The summed E-state index contributed by atoms with van der Waals surface area (Å²) in [7, 11) is 0. The summed E-state index contributed by atoms with van der Waals surface area (Å²) in [6.07, 6.45) is -4.53. The minimum Gasteiger partial charge on any atom is -0.346 e. The Morgan fingerprint density at radius 2 is 1.96 bits per heavy atom. The summed E-state index contributed by atoms with van der Waals surface area (Å²) >= 11 is 5.54. The molecule has 6 nitrogen and oxygen atoms in total. The topological polar surface area (TPSA) is 64.7 Å². The van der Waals surface area contributed by atoms with Gasteiger partial charge in [0.2, 0.25) is 5.91 Å². The molecule has 1 unspecified atom stereocenters. The van der Waals surface area contributed by atoms with E-state index < -0.39 is 47.8 Å². The first kappa shape index (κ1) is 19.2. The van der Waals surface area contributed by atoms with Gasteiger partial charge in [-0.15, -0.1) is 0 Å². The Balaban J connectivity index is 2.13. The lowest BCUT2D eigenvalue weighted by atomic mass is 10.2. The molecular formula is C14H16ClF4N5O. The second-order valence-corrected chi connectivity index (χ2v) is 5.61. The van der Waals surface area contributed by atoms with Crippen LogP contribution >= 0.6 is 11.6 Å². The summed E-state index contributed by atoms with van der Waals surface area (Å²) in [5, 5.41) is 9.29. The third-order valence-corrected chi connectivity index (χ3v) is 3.86. The minimum absolute atomic E-state index is 0.490. The van der Waals surface area contributed by atoms with Crippen molar-refractivity contribution in [2.24, 2.45) is 0 Å². The lowest BCUT2D eigenvalue weighted by molar-refractivity contribution is -0.122. The van der Waals surface area contributed by atoms with Crippen molar-refractivity contribution in [1.82, 2.24) is 24.9 Å². The predicted molar refractivity (Wildman–Crippen MR) is 81.6 cm³/mol. The Morgan fingerprint density at radius 3 is 2.48 bits per heavy atom. The number of aryl methyl sites for hydroxylation is 1. The largest absolute Gasteiger partial charge is 0.346 e. The van der Waals surface area contributed by atoms with E-state index in [9.17, 15) is 22.4 Å². The third-order valence-electron chi connectivity index (χ3n) is 3.47. The van der Waals surface area contributed by atoms with Crippen LogP contribution in [0.25, 0.3) is 0 Å². The molecule has 1 atom stereocenters. The van der Waals surface area contributed by atoms with Gasteiger partial charge in [-0.1, -0.05) is 11.6 Å². The van der Waals surface area contributed by atoms with Crippen molar-refractivity contribution >= 4 is 17.5 Å². The smallest absolute Gasteiger partial charge is 0.283 e. The fourth-order valence-corrected chi connectivity index (χ4v) is 2.52. The first-order valence-electron chi connectivity index (χ1n) is 7.39. The fraction of sp³-hybridized carbons (Fsp3) is 0.500. The Morgan fingerprint density at radius 1 is 1.28 bits per heavy atom. The molecule has 11 heteroatoms. The molecule has 1 N–H and O–H groups in total. The Hall–Kier alpha value is -2.10. The molecule has 0 aromatic carbocycles. The van der Waals surface area contributed by atoms with E-state index in [4.69, 9.17) is 11.6 Å². The van der Waals surface area contributed by atoms with Crippen molar-refractivity contribution in [3.63, 3.8) is 0 Å². The van der Waals surface area contributed by atoms with Crippen molar-refractivity contribution < 1.29 is 22.4 Å². The first-order valence-corrected chi connectivity index (χ1v) is 7.77. The number of carbonyl (C=O) groups excluding carboxylic acids is 1. The van der Waals surface area contributed by atoms with E-state index in [0.717, 1.165) is 0 Å². The standard InChI is InChI=1S/C14H16ClF4N5O/c1-3-23-5-4-8(21-23)7(2)20-9(25)6-24-12(14(18)19)10(15)11(22-24)13(16)17/h4-5,7,13-14H,3,6H2,1-2H3,(H,20,25). The molecule has 2 aromatic rings. The molecule has 0 bridgehead atoms. The number of carbonyl (C=O) groups is 1. The molecule has 0 aliphatic heterocycles. The highest BCUT2D eigenvalue weighted by atomic mass is 35.5. The molecule has 2 rings (SSSR count). The van der Waals surface area contributed by atoms with Crippen LogP contribution in [0.15, 0.2) is 12.3 Å². The van der Waals surface area contributed by atoms with E-state index in [0.29, 0.717) is 16.9 Å². The third kappa shape index (κ3) is 4.30. The molecule has 0 aliphatic rings. The number of nitrogens with one attached hydrogen (secondary N) is 1. The van der Waals surface area contributed by atoms with Gasteiger partial charge in [-0.2, -0.15) is 10.2 Å². The van der Waals surface area contributed by atoms with Crippen LogP contribution in [0, 0.1) is 0 Å². The minimum atomic E-state index is -3.14. The SMILES string of the molecule is CCn1ccc(C(C)NC(=O)Cn2nc(C(F)F)c(Cl)c2C(F)F)n1. The average molecular weight is 382 g/mol. The molecule has 2 heterocycles. The number of aromatic nitrogens is 4. The maximum atomic E-state index is 13.1. The van der Waals surface area contributed by atoms with Gasteiger partial charge in [0.05, 0.1) is 16.8 Å². The van der Waals surface area contributed by atoms with Crippen molar-refractivity contribution in [3.05, 3.63) is 34.4 Å². The van der Waals surface area contributed by atoms with Crippen LogP contribution in [0.5, 0.6) is 0 Å².